The minimum absolute atomic E-state index is 0.540. The number of nitrogens with zero attached hydrogens (tertiary/aromatic N) is 10. The Morgan fingerprint density at radius 2 is 0.650 bits per heavy atom. The molecule has 4 aliphatic heterocycles. The van der Waals surface area contributed by atoms with Gasteiger partial charge < -0.3 is 49.2 Å². The SMILES string of the molecule is C(CNc1nc(N2CCOCC2)nc(N2CCOCC2)n1)Nc1nc(N2CCOCC2)nc(N2CCOCC2)n1. The molecule has 0 aromatic carbocycles. The monoisotopic (exact) mass is 558 g/mol. The first-order valence-corrected chi connectivity index (χ1v) is 14.1. The maximum absolute atomic E-state index is 5.52. The van der Waals surface area contributed by atoms with Crippen molar-refractivity contribution in [1.82, 2.24) is 29.9 Å². The van der Waals surface area contributed by atoms with Crippen molar-refractivity contribution in [2.75, 3.05) is 149 Å². The van der Waals surface area contributed by atoms with E-state index in [0.29, 0.717) is 102 Å². The molecular weight excluding hydrogens is 520 g/mol. The number of nitrogens with one attached hydrogen (secondary N) is 2. The van der Waals surface area contributed by atoms with E-state index in [-0.39, 0.29) is 0 Å². The summed E-state index contributed by atoms with van der Waals surface area (Å²) in [5.41, 5.74) is 0. The molecule has 2 N–H and O–H groups in total. The first-order chi connectivity index (χ1) is 19.8. The first-order valence-electron chi connectivity index (χ1n) is 14.1. The van der Waals surface area contributed by atoms with Crippen LogP contribution in [-0.4, -0.2) is 148 Å². The highest BCUT2D eigenvalue weighted by atomic mass is 16.5. The smallest absolute Gasteiger partial charge is 0.232 e. The lowest BCUT2D eigenvalue weighted by Crippen LogP contribution is -2.40. The molecule has 6 heterocycles. The quantitative estimate of drug-likeness (QED) is 0.359. The van der Waals surface area contributed by atoms with Crippen LogP contribution in [0, 0.1) is 0 Å². The highest BCUT2D eigenvalue weighted by Gasteiger charge is 2.22. The molecule has 2 aromatic rings. The molecule has 4 saturated heterocycles. The van der Waals surface area contributed by atoms with Crippen LogP contribution in [0.3, 0.4) is 0 Å². The van der Waals surface area contributed by atoms with Gasteiger partial charge in [-0.2, -0.15) is 29.9 Å². The molecule has 0 radical (unpaired) electrons. The molecule has 40 heavy (non-hydrogen) atoms. The number of aromatic nitrogens is 6. The van der Waals surface area contributed by atoms with E-state index in [4.69, 9.17) is 48.9 Å². The fraction of sp³-hybridized carbons (Fsp3) is 0.750. The van der Waals surface area contributed by atoms with E-state index in [1.165, 1.54) is 0 Å². The Balaban J connectivity index is 1.13. The van der Waals surface area contributed by atoms with Gasteiger partial charge in [0.2, 0.25) is 35.7 Å². The van der Waals surface area contributed by atoms with Gasteiger partial charge >= 0.3 is 0 Å². The van der Waals surface area contributed by atoms with Gasteiger partial charge in [0, 0.05) is 65.4 Å². The number of ether oxygens (including phenoxy) is 4. The molecule has 4 fully saturated rings. The van der Waals surface area contributed by atoms with Crippen molar-refractivity contribution in [3.63, 3.8) is 0 Å². The van der Waals surface area contributed by atoms with Crippen molar-refractivity contribution < 1.29 is 18.9 Å². The third-order valence-electron chi connectivity index (χ3n) is 7.09. The highest BCUT2D eigenvalue weighted by Crippen LogP contribution is 2.20. The van der Waals surface area contributed by atoms with Gasteiger partial charge in [-0.25, -0.2) is 0 Å². The van der Waals surface area contributed by atoms with Gasteiger partial charge in [-0.05, 0) is 0 Å². The zero-order valence-corrected chi connectivity index (χ0v) is 22.8. The number of anilines is 6. The van der Waals surface area contributed by atoms with Gasteiger partial charge in [-0.15, -0.1) is 0 Å². The van der Waals surface area contributed by atoms with Crippen molar-refractivity contribution in [2.45, 2.75) is 0 Å². The predicted octanol–water partition coefficient (Wildman–Crippen LogP) is -1.07. The Hall–Kier alpha value is -3.34. The minimum atomic E-state index is 0.540. The number of morpholine rings is 4. The van der Waals surface area contributed by atoms with Crippen molar-refractivity contribution in [1.29, 1.82) is 0 Å². The number of hydrogen-bond donors (Lipinski definition) is 2. The average Bonchev–Trinajstić information content (AvgIpc) is 3.04. The second-order valence-corrected chi connectivity index (χ2v) is 9.77. The van der Waals surface area contributed by atoms with Gasteiger partial charge in [0.1, 0.15) is 0 Å². The average molecular weight is 559 g/mol. The lowest BCUT2D eigenvalue weighted by molar-refractivity contribution is 0.121. The molecule has 0 bridgehead atoms. The molecule has 0 spiro atoms. The van der Waals surface area contributed by atoms with Crippen molar-refractivity contribution in [2.24, 2.45) is 0 Å². The molecule has 0 amide bonds. The van der Waals surface area contributed by atoms with Crippen LogP contribution in [0.4, 0.5) is 35.7 Å². The fourth-order valence-electron chi connectivity index (χ4n) is 4.83. The number of hydrogen-bond acceptors (Lipinski definition) is 16. The summed E-state index contributed by atoms with van der Waals surface area (Å²) in [7, 11) is 0. The lowest BCUT2D eigenvalue weighted by atomic mass is 10.4. The molecule has 0 aliphatic carbocycles. The second kappa shape index (κ2) is 13.3. The van der Waals surface area contributed by atoms with E-state index in [2.05, 4.69) is 30.2 Å². The summed E-state index contributed by atoms with van der Waals surface area (Å²) in [4.78, 5) is 37.0. The maximum atomic E-state index is 5.52. The van der Waals surface area contributed by atoms with Crippen LogP contribution in [0.25, 0.3) is 0 Å². The number of rotatable bonds is 9. The Morgan fingerprint density at radius 3 is 0.900 bits per heavy atom. The summed E-state index contributed by atoms with van der Waals surface area (Å²) in [6.07, 6.45) is 0. The first kappa shape index (κ1) is 26.9. The second-order valence-electron chi connectivity index (χ2n) is 9.77. The molecule has 16 nitrogen and oxygen atoms in total. The van der Waals surface area contributed by atoms with E-state index in [9.17, 15) is 0 Å². The summed E-state index contributed by atoms with van der Waals surface area (Å²) in [5.74, 6) is 3.74. The molecule has 218 valence electrons. The standard InChI is InChI=1S/C24H38N12O4/c1(25-19-27-21(33-3-11-37-12-4-33)31-22(28-19)34-5-13-38-14-6-34)2-26-20-29-23(35-7-15-39-16-8-35)32-24(30-20)36-9-17-40-18-10-36/h1-18H2,(H,25,27,28,31)(H,26,29,30,32). The zero-order chi connectivity index (χ0) is 27.0. The van der Waals surface area contributed by atoms with Crippen LogP contribution in [-0.2, 0) is 18.9 Å². The summed E-state index contributed by atoms with van der Waals surface area (Å²) < 4.78 is 22.1. The molecule has 2 aromatic heterocycles. The molecule has 6 rings (SSSR count). The maximum Gasteiger partial charge on any atom is 0.232 e. The predicted molar refractivity (Wildman–Crippen MR) is 149 cm³/mol. The molecular formula is C24H38N12O4. The normalized spacial score (nSPS) is 20.5. The topological polar surface area (TPSA) is 151 Å². The Morgan fingerprint density at radius 1 is 0.400 bits per heavy atom. The molecule has 4 aliphatic rings. The van der Waals surface area contributed by atoms with Gasteiger partial charge in [0.15, 0.2) is 0 Å². The van der Waals surface area contributed by atoms with Gasteiger partial charge in [0.05, 0.1) is 52.9 Å². The minimum Gasteiger partial charge on any atom is -0.378 e. The zero-order valence-electron chi connectivity index (χ0n) is 22.8. The van der Waals surface area contributed by atoms with Crippen LogP contribution in [0.1, 0.15) is 0 Å². The fourth-order valence-corrected chi connectivity index (χ4v) is 4.83. The molecule has 0 saturated carbocycles. The van der Waals surface area contributed by atoms with Crippen molar-refractivity contribution >= 4 is 35.7 Å². The lowest BCUT2D eigenvalue weighted by Gasteiger charge is -2.30. The van der Waals surface area contributed by atoms with Gasteiger partial charge in [0.25, 0.3) is 0 Å². The molecule has 0 unspecified atom stereocenters. The Labute approximate surface area is 233 Å². The summed E-state index contributed by atoms with van der Waals surface area (Å²) >= 11 is 0. The van der Waals surface area contributed by atoms with Crippen LogP contribution in [0.15, 0.2) is 0 Å². The summed E-state index contributed by atoms with van der Waals surface area (Å²) in [6, 6.07) is 0. The molecule has 16 heteroatoms. The Kier molecular flexibility index (Phi) is 8.96. The van der Waals surface area contributed by atoms with Gasteiger partial charge in [-0.3, -0.25) is 0 Å². The molecule has 0 atom stereocenters. The Bertz CT molecular complexity index is 932. The van der Waals surface area contributed by atoms with E-state index >= 15 is 0 Å². The summed E-state index contributed by atoms with van der Waals surface area (Å²) in [5, 5.41) is 6.73. The van der Waals surface area contributed by atoms with Crippen LogP contribution in [0.2, 0.25) is 0 Å². The van der Waals surface area contributed by atoms with E-state index in [1.807, 2.05) is 0 Å². The van der Waals surface area contributed by atoms with E-state index in [1.54, 1.807) is 0 Å². The van der Waals surface area contributed by atoms with Crippen LogP contribution >= 0.6 is 0 Å². The largest absolute Gasteiger partial charge is 0.378 e. The van der Waals surface area contributed by atoms with E-state index in [0.717, 1.165) is 52.4 Å². The van der Waals surface area contributed by atoms with E-state index < -0.39 is 0 Å². The third-order valence-corrected chi connectivity index (χ3v) is 7.09. The van der Waals surface area contributed by atoms with Crippen molar-refractivity contribution in [3.8, 4) is 0 Å². The highest BCUT2D eigenvalue weighted by molar-refractivity contribution is 5.47. The van der Waals surface area contributed by atoms with Crippen LogP contribution in [0.5, 0.6) is 0 Å². The third kappa shape index (κ3) is 6.86. The van der Waals surface area contributed by atoms with Gasteiger partial charge in [-0.1, -0.05) is 0 Å². The van der Waals surface area contributed by atoms with Crippen molar-refractivity contribution in [3.05, 3.63) is 0 Å². The van der Waals surface area contributed by atoms with Crippen LogP contribution < -0.4 is 30.2 Å². The summed E-state index contributed by atoms with van der Waals surface area (Å²) in [6.45, 7) is 12.5.